The standard InChI is InChI=1S/C35H44ClN3O6S/c1-3-16-39(21-28-8-6-17-44-28)46(42,43)37-34(41)25-10-14-33-31(19-25)38(20-26-9-12-29(26)32(40)4-2)22-35(23-45-33)15-5-7-24-18-27(36)11-13-30(24)35/h3-4,10-11,13-14,18-19,26,28-29,32,40H,1-2,5-9,12,15-17,20-23H2,(H,37,41)/t26?,28-,29?,32+,35+/m1/s1. The number of benzene rings is 2. The van der Waals surface area contributed by atoms with Crippen LogP contribution in [0.15, 0.2) is 61.7 Å². The van der Waals surface area contributed by atoms with Crippen molar-refractivity contribution in [3.05, 3.63) is 83.4 Å². The maximum absolute atomic E-state index is 13.6. The minimum atomic E-state index is -4.16. The zero-order valence-corrected chi connectivity index (χ0v) is 27.8. The van der Waals surface area contributed by atoms with Crippen molar-refractivity contribution in [3.63, 3.8) is 0 Å². The molecule has 2 aromatic carbocycles. The maximum Gasteiger partial charge on any atom is 0.304 e. The van der Waals surface area contributed by atoms with Crippen molar-refractivity contribution >= 4 is 33.4 Å². The van der Waals surface area contributed by atoms with E-state index in [4.69, 9.17) is 21.1 Å². The molecule has 0 radical (unpaired) electrons. The van der Waals surface area contributed by atoms with Gasteiger partial charge in [0.05, 0.1) is 24.5 Å². The number of aliphatic hydroxyl groups excluding tert-OH is 1. The summed E-state index contributed by atoms with van der Waals surface area (Å²) in [5, 5.41) is 11.3. The van der Waals surface area contributed by atoms with Gasteiger partial charge in [0.25, 0.3) is 5.91 Å². The third-order valence-corrected chi connectivity index (χ3v) is 11.9. The molecule has 1 saturated heterocycles. The van der Waals surface area contributed by atoms with Crippen LogP contribution in [0.1, 0.15) is 60.0 Å². The number of amides is 1. The van der Waals surface area contributed by atoms with E-state index in [1.54, 1.807) is 24.3 Å². The van der Waals surface area contributed by atoms with E-state index in [1.807, 2.05) is 6.07 Å². The fraction of sp³-hybridized carbons (Fsp3) is 0.514. The number of aliphatic hydroxyl groups is 1. The summed E-state index contributed by atoms with van der Waals surface area (Å²) in [6, 6.07) is 11.2. The number of fused-ring (bicyclic) bond motifs is 3. The first-order valence-corrected chi connectivity index (χ1v) is 18.1. The number of nitrogens with zero attached hydrogens (tertiary/aromatic N) is 2. The Hall–Kier alpha value is -2.89. The second kappa shape index (κ2) is 13.7. The van der Waals surface area contributed by atoms with Crippen LogP contribution in [0.2, 0.25) is 5.02 Å². The smallest absolute Gasteiger partial charge is 0.304 e. The van der Waals surface area contributed by atoms with Crippen molar-refractivity contribution in [2.45, 2.75) is 62.6 Å². The van der Waals surface area contributed by atoms with Gasteiger partial charge in [0, 0.05) is 48.8 Å². The normalized spacial score (nSPS) is 26.3. The maximum atomic E-state index is 13.6. The zero-order chi connectivity index (χ0) is 32.5. The highest BCUT2D eigenvalue weighted by Gasteiger charge is 2.44. The molecule has 1 amide bonds. The monoisotopic (exact) mass is 669 g/mol. The molecule has 11 heteroatoms. The molecular weight excluding hydrogens is 626 g/mol. The van der Waals surface area contributed by atoms with Crippen molar-refractivity contribution in [2.24, 2.45) is 11.8 Å². The van der Waals surface area contributed by atoms with Crippen molar-refractivity contribution in [1.29, 1.82) is 0 Å². The lowest BCUT2D eigenvalue weighted by atomic mass is 9.68. The molecule has 5 atom stereocenters. The predicted octanol–water partition coefficient (Wildman–Crippen LogP) is 5.03. The minimum absolute atomic E-state index is 0.0577. The Morgan fingerprint density at radius 3 is 2.76 bits per heavy atom. The molecule has 0 aromatic heterocycles. The van der Waals surface area contributed by atoms with E-state index in [0.29, 0.717) is 37.1 Å². The number of ether oxygens (including phenoxy) is 2. The Bertz CT molecular complexity index is 1580. The molecule has 6 rings (SSSR count). The minimum Gasteiger partial charge on any atom is -0.490 e. The summed E-state index contributed by atoms with van der Waals surface area (Å²) in [5.41, 5.74) is 3.12. The van der Waals surface area contributed by atoms with Crippen LogP contribution in [0.3, 0.4) is 0 Å². The van der Waals surface area contributed by atoms with Crippen LogP contribution in [-0.4, -0.2) is 75.3 Å². The van der Waals surface area contributed by atoms with Crippen LogP contribution in [0, 0.1) is 11.8 Å². The summed E-state index contributed by atoms with van der Waals surface area (Å²) >= 11 is 6.40. The molecule has 2 aliphatic carbocycles. The first-order chi connectivity index (χ1) is 22.1. The molecule has 2 fully saturated rings. The van der Waals surface area contributed by atoms with Gasteiger partial charge in [-0.25, -0.2) is 4.72 Å². The van der Waals surface area contributed by atoms with E-state index in [9.17, 15) is 18.3 Å². The molecule has 2 N–H and O–H groups in total. The van der Waals surface area contributed by atoms with Crippen LogP contribution in [0.4, 0.5) is 5.69 Å². The number of halogens is 1. The molecule has 2 unspecified atom stereocenters. The third kappa shape index (κ3) is 6.73. The van der Waals surface area contributed by atoms with Gasteiger partial charge in [-0.15, -0.1) is 13.2 Å². The van der Waals surface area contributed by atoms with E-state index in [1.165, 1.54) is 21.5 Å². The number of aryl methyl sites for hydroxylation is 1. The molecular formula is C35H44ClN3O6S. The van der Waals surface area contributed by atoms with Gasteiger partial charge in [-0.05, 0) is 98.2 Å². The van der Waals surface area contributed by atoms with Crippen LogP contribution in [-0.2, 0) is 26.8 Å². The quantitative estimate of drug-likeness (QED) is 0.323. The lowest BCUT2D eigenvalue weighted by molar-refractivity contribution is 0.0460. The number of nitrogens with one attached hydrogen (secondary N) is 1. The molecule has 46 heavy (non-hydrogen) atoms. The second-order valence-corrected chi connectivity index (χ2v) is 15.3. The Balaban J connectivity index is 1.30. The average molecular weight is 670 g/mol. The number of carbonyl (C=O) groups is 1. The lowest BCUT2D eigenvalue weighted by Gasteiger charge is -2.45. The molecule has 2 aliphatic heterocycles. The number of rotatable bonds is 11. The molecule has 4 aliphatic rings. The topological polar surface area (TPSA) is 108 Å². The summed E-state index contributed by atoms with van der Waals surface area (Å²) < 4.78 is 42.4. The fourth-order valence-electron chi connectivity index (χ4n) is 7.66. The number of hydrogen-bond donors (Lipinski definition) is 2. The van der Waals surface area contributed by atoms with Gasteiger partial charge in [0.15, 0.2) is 0 Å². The van der Waals surface area contributed by atoms with E-state index >= 15 is 0 Å². The molecule has 1 saturated carbocycles. The van der Waals surface area contributed by atoms with Gasteiger partial charge in [-0.1, -0.05) is 29.8 Å². The Labute approximate surface area is 277 Å². The average Bonchev–Trinajstić information content (AvgIpc) is 3.49. The number of anilines is 1. The SMILES string of the molecule is C=CCN(C[C@H]1CCCO1)S(=O)(=O)NC(=O)c1ccc2c(c1)N(CC1CCC1[C@@H](O)C=C)C[C@@]1(CCCc3cc(Cl)ccc31)CO2. The van der Waals surface area contributed by atoms with Gasteiger partial charge in [0.1, 0.15) is 5.75 Å². The highest BCUT2D eigenvalue weighted by molar-refractivity contribution is 7.87. The highest BCUT2D eigenvalue weighted by Crippen LogP contribution is 2.46. The van der Waals surface area contributed by atoms with E-state index in [2.05, 4.69) is 34.9 Å². The molecule has 248 valence electrons. The Morgan fingerprint density at radius 1 is 1.20 bits per heavy atom. The molecule has 9 nitrogen and oxygen atoms in total. The lowest BCUT2D eigenvalue weighted by Crippen LogP contribution is -2.49. The molecule has 1 spiro atoms. The van der Waals surface area contributed by atoms with Crippen LogP contribution >= 0.6 is 11.6 Å². The van der Waals surface area contributed by atoms with Crippen LogP contribution in [0.25, 0.3) is 0 Å². The van der Waals surface area contributed by atoms with Gasteiger partial charge in [-0.3, -0.25) is 4.79 Å². The van der Waals surface area contributed by atoms with Crippen molar-refractivity contribution in [2.75, 3.05) is 44.3 Å². The van der Waals surface area contributed by atoms with Crippen LogP contribution < -0.4 is 14.4 Å². The molecule has 2 aromatic rings. The highest BCUT2D eigenvalue weighted by atomic mass is 35.5. The molecule has 2 heterocycles. The summed E-state index contributed by atoms with van der Waals surface area (Å²) in [7, 11) is -4.16. The first-order valence-electron chi connectivity index (χ1n) is 16.3. The largest absolute Gasteiger partial charge is 0.490 e. The Morgan fingerprint density at radius 2 is 2.04 bits per heavy atom. The molecule has 0 bridgehead atoms. The van der Waals surface area contributed by atoms with Gasteiger partial charge in [0.2, 0.25) is 0 Å². The third-order valence-electron chi connectivity index (χ3n) is 10.2. The summed E-state index contributed by atoms with van der Waals surface area (Å²) in [6.07, 6.45) is 8.75. The first kappa shape index (κ1) is 33.0. The van der Waals surface area contributed by atoms with Gasteiger partial charge >= 0.3 is 10.2 Å². The zero-order valence-electron chi connectivity index (χ0n) is 26.2. The van der Waals surface area contributed by atoms with Gasteiger partial charge in [-0.2, -0.15) is 12.7 Å². The van der Waals surface area contributed by atoms with E-state index in [-0.39, 0.29) is 42.0 Å². The van der Waals surface area contributed by atoms with Crippen LogP contribution in [0.5, 0.6) is 5.75 Å². The second-order valence-electron chi connectivity index (χ2n) is 13.2. The van der Waals surface area contributed by atoms with Crippen molar-refractivity contribution in [1.82, 2.24) is 9.03 Å². The van der Waals surface area contributed by atoms with E-state index in [0.717, 1.165) is 50.6 Å². The van der Waals surface area contributed by atoms with Gasteiger partial charge < -0.3 is 19.5 Å². The fourth-order valence-corrected chi connectivity index (χ4v) is 9.00. The van der Waals surface area contributed by atoms with E-state index < -0.39 is 22.2 Å². The number of hydrogen-bond acceptors (Lipinski definition) is 7. The predicted molar refractivity (Wildman–Crippen MR) is 180 cm³/mol. The summed E-state index contributed by atoms with van der Waals surface area (Å²) in [5.74, 6) is 0.260. The summed E-state index contributed by atoms with van der Waals surface area (Å²) in [6.45, 7) is 10.1. The van der Waals surface area contributed by atoms with Crippen molar-refractivity contribution < 1.29 is 27.8 Å². The summed E-state index contributed by atoms with van der Waals surface area (Å²) in [4.78, 5) is 15.8. The number of carbonyl (C=O) groups excluding carboxylic acids is 1. The van der Waals surface area contributed by atoms with Crippen molar-refractivity contribution in [3.8, 4) is 5.75 Å². The Kier molecular flexibility index (Phi) is 9.83.